The van der Waals surface area contributed by atoms with Crippen molar-refractivity contribution in [2.24, 2.45) is 5.41 Å². The van der Waals surface area contributed by atoms with Crippen molar-refractivity contribution < 1.29 is 29.0 Å². The van der Waals surface area contributed by atoms with Crippen molar-refractivity contribution >= 4 is 22.8 Å². The van der Waals surface area contributed by atoms with E-state index in [0.717, 1.165) is 41.5 Å². The van der Waals surface area contributed by atoms with Gasteiger partial charge in [-0.15, -0.1) is 0 Å². The van der Waals surface area contributed by atoms with Crippen molar-refractivity contribution in [1.29, 1.82) is 0 Å². The van der Waals surface area contributed by atoms with Gasteiger partial charge in [0.05, 0.1) is 6.10 Å². The summed E-state index contributed by atoms with van der Waals surface area (Å²) in [4.78, 5) is 23.1. The molecule has 0 aliphatic heterocycles. The van der Waals surface area contributed by atoms with Gasteiger partial charge >= 0.3 is 5.97 Å². The van der Waals surface area contributed by atoms with Crippen LogP contribution in [0.4, 0.5) is 0 Å². The number of aryl methyl sites for hydroxylation is 3. The van der Waals surface area contributed by atoms with E-state index < -0.39 is 24.5 Å². The third kappa shape index (κ3) is 7.13. The number of fused-ring (bicyclic) bond motifs is 1. The zero-order valence-electron chi connectivity index (χ0n) is 22.7. The molecule has 3 N–H and O–H groups in total. The monoisotopic (exact) mass is 509 g/mol. The van der Waals surface area contributed by atoms with Crippen molar-refractivity contribution in [3.05, 3.63) is 64.4 Å². The summed E-state index contributed by atoms with van der Waals surface area (Å²) in [6.45, 7) is 11.8. The Morgan fingerprint density at radius 2 is 1.84 bits per heavy atom. The molecule has 2 aromatic carbocycles. The molecule has 0 bridgehead atoms. The minimum atomic E-state index is -1.11. The minimum Gasteiger partial charge on any atom is -0.491 e. The minimum absolute atomic E-state index is 0.146. The van der Waals surface area contributed by atoms with Crippen molar-refractivity contribution in [2.45, 2.75) is 72.8 Å². The molecule has 1 aromatic heterocycles. The Bertz CT molecular complexity index is 1250. The fraction of sp³-hybridized carbons (Fsp3) is 0.467. The van der Waals surface area contributed by atoms with Crippen LogP contribution in [0.3, 0.4) is 0 Å². The van der Waals surface area contributed by atoms with Crippen LogP contribution in [0, 0.1) is 19.3 Å². The summed E-state index contributed by atoms with van der Waals surface area (Å²) in [6.07, 6.45) is 2.30. The molecule has 0 aliphatic rings. The van der Waals surface area contributed by atoms with Gasteiger partial charge in [0.25, 0.3) is 5.91 Å². The Kier molecular flexibility index (Phi) is 9.02. The first-order chi connectivity index (χ1) is 17.4. The number of ether oxygens (including phenoxy) is 1. The summed E-state index contributed by atoms with van der Waals surface area (Å²) in [5, 5.41) is 22.3. The molecule has 3 rings (SSSR count). The summed E-state index contributed by atoms with van der Waals surface area (Å²) < 4.78 is 11.6. The lowest BCUT2D eigenvalue weighted by Gasteiger charge is -2.26. The lowest BCUT2D eigenvalue weighted by atomic mass is 9.89. The molecule has 0 saturated carbocycles. The summed E-state index contributed by atoms with van der Waals surface area (Å²) in [7, 11) is 0. The molecule has 37 heavy (non-hydrogen) atoms. The maximum absolute atomic E-state index is 12.3. The largest absolute Gasteiger partial charge is 0.491 e. The van der Waals surface area contributed by atoms with Crippen molar-refractivity contribution in [2.75, 3.05) is 13.2 Å². The van der Waals surface area contributed by atoms with Crippen molar-refractivity contribution in [3.63, 3.8) is 0 Å². The number of nitrogens with one attached hydrogen (secondary N) is 1. The predicted molar refractivity (Wildman–Crippen MR) is 144 cm³/mol. The molecule has 0 spiro atoms. The molecule has 0 radical (unpaired) electrons. The average Bonchev–Trinajstić information content (AvgIpc) is 3.17. The Balaban J connectivity index is 1.68. The SMILES string of the molecule is CCC(CCc1ccc2oc(C(=O)NCC(=O)O)c(C)c2c1)c1ccc(OCC(O)C(C)(C)C)c(C)c1. The van der Waals surface area contributed by atoms with E-state index in [1.807, 2.05) is 52.8 Å². The quantitative estimate of drug-likeness (QED) is 0.302. The molecule has 2 unspecified atom stereocenters. The van der Waals surface area contributed by atoms with E-state index >= 15 is 0 Å². The van der Waals surface area contributed by atoms with Crippen LogP contribution in [0.15, 0.2) is 40.8 Å². The van der Waals surface area contributed by atoms with Crippen LogP contribution in [-0.2, 0) is 11.2 Å². The zero-order chi connectivity index (χ0) is 27.3. The molecule has 3 aromatic rings. The van der Waals surface area contributed by atoms with Gasteiger partial charge in [0, 0.05) is 10.9 Å². The van der Waals surface area contributed by atoms with Crippen LogP contribution in [0.5, 0.6) is 5.75 Å². The molecule has 1 amide bonds. The molecular formula is C30H39NO6. The maximum atomic E-state index is 12.3. The number of carboxylic acids is 1. The van der Waals surface area contributed by atoms with Crippen molar-refractivity contribution in [1.82, 2.24) is 5.32 Å². The third-order valence-corrected chi connectivity index (χ3v) is 6.95. The van der Waals surface area contributed by atoms with Gasteiger partial charge in [-0.1, -0.05) is 45.9 Å². The maximum Gasteiger partial charge on any atom is 0.322 e. The standard InChI is InChI=1S/C30H39NO6/c1-7-21(22-11-13-24(18(2)14-22)36-17-26(32)30(4,5)6)10-8-20-9-12-25-23(15-20)19(3)28(37-25)29(35)31-16-27(33)34/h9,11-15,21,26,32H,7-8,10,16-17H2,1-6H3,(H,31,35)(H,33,34). The van der Waals surface area contributed by atoms with E-state index in [-0.39, 0.29) is 17.8 Å². The second-order valence-electron chi connectivity index (χ2n) is 10.8. The Morgan fingerprint density at radius 1 is 1.11 bits per heavy atom. The highest BCUT2D eigenvalue weighted by atomic mass is 16.5. The lowest BCUT2D eigenvalue weighted by molar-refractivity contribution is -0.135. The first-order valence-electron chi connectivity index (χ1n) is 12.8. The molecular weight excluding hydrogens is 470 g/mol. The third-order valence-electron chi connectivity index (χ3n) is 6.95. The molecule has 7 heteroatoms. The van der Waals surface area contributed by atoms with E-state index in [4.69, 9.17) is 14.3 Å². The molecule has 0 saturated heterocycles. The number of carboxylic acid groups (broad SMARTS) is 1. The van der Waals surface area contributed by atoms with Crippen molar-refractivity contribution in [3.8, 4) is 5.75 Å². The van der Waals surface area contributed by atoms with E-state index in [1.165, 1.54) is 5.56 Å². The van der Waals surface area contributed by atoms with Crippen LogP contribution in [0.1, 0.15) is 79.3 Å². The average molecular weight is 510 g/mol. The Hall–Kier alpha value is -3.32. The van der Waals surface area contributed by atoms with Gasteiger partial charge < -0.3 is 24.7 Å². The second kappa shape index (κ2) is 11.8. The number of carbonyl (C=O) groups is 2. The van der Waals surface area contributed by atoms with Gasteiger partial charge in [0.1, 0.15) is 24.5 Å². The molecule has 200 valence electrons. The van der Waals surface area contributed by atoms with Gasteiger partial charge in [0.15, 0.2) is 5.76 Å². The summed E-state index contributed by atoms with van der Waals surface area (Å²) in [5.74, 6) is -0.309. The predicted octanol–water partition coefficient (Wildman–Crippen LogP) is 5.78. The molecule has 1 heterocycles. The number of hydrogen-bond acceptors (Lipinski definition) is 5. The number of aliphatic hydroxyl groups is 1. The fourth-order valence-corrected chi connectivity index (χ4v) is 4.33. The number of carbonyl (C=O) groups excluding carboxylic acids is 1. The first-order valence-corrected chi connectivity index (χ1v) is 12.8. The van der Waals surface area contributed by atoms with E-state index in [9.17, 15) is 14.7 Å². The molecule has 7 nitrogen and oxygen atoms in total. The van der Waals surface area contributed by atoms with Gasteiger partial charge in [-0.05, 0) is 79.3 Å². The highest BCUT2D eigenvalue weighted by molar-refractivity contribution is 6.00. The summed E-state index contributed by atoms with van der Waals surface area (Å²) >= 11 is 0. The van der Waals surface area contributed by atoms with Gasteiger partial charge in [0.2, 0.25) is 0 Å². The molecule has 2 atom stereocenters. The number of hydrogen-bond donors (Lipinski definition) is 3. The van der Waals surface area contributed by atoms with Gasteiger partial charge in [-0.3, -0.25) is 9.59 Å². The van der Waals surface area contributed by atoms with Crippen LogP contribution >= 0.6 is 0 Å². The van der Waals surface area contributed by atoms with Crippen LogP contribution in [0.2, 0.25) is 0 Å². The topological polar surface area (TPSA) is 109 Å². The van der Waals surface area contributed by atoms with E-state index in [0.29, 0.717) is 17.1 Å². The van der Waals surface area contributed by atoms with Gasteiger partial charge in [-0.25, -0.2) is 0 Å². The number of furan rings is 1. The molecule has 0 fully saturated rings. The highest BCUT2D eigenvalue weighted by Gasteiger charge is 2.23. The lowest BCUT2D eigenvalue weighted by Crippen LogP contribution is -2.32. The highest BCUT2D eigenvalue weighted by Crippen LogP contribution is 2.31. The van der Waals surface area contributed by atoms with Crippen LogP contribution in [-0.4, -0.2) is 41.3 Å². The van der Waals surface area contributed by atoms with Gasteiger partial charge in [-0.2, -0.15) is 0 Å². The number of rotatable bonds is 11. The second-order valence-corrected chi connectivity index (χ2v) is 10.8. The van der Waals surface area contributed by atoms with Crippen LogP contribution < -0.4 is 10.1 Å². The van der Waals surface area contributed by atoms with Crippen LogP contribution in [0.25, 0.3) is 11.0 Å². The zero-order valence-corrected chi connectivity index (χ0v) is 22.7. The van der Waals surface area contributed by atoms with E-state index in [1.54, 1.807) is 0 Å². The number of amides is 1. The molecule has 0 aliphatic carbocycles. The summed E-state index contributed by atoms with van der Waals surface area (Å²) in [5.41, 5.74) is 4.56. The normalized spacial score (nSPS) is 13.4. The fourth-order valence-electron chi connectivity index (χ4n) is 4.33. The Morgan fingerprint density at radius 3 is 2.46 bits per heavy atom. The number of aliphatic hydroxyl groups excluding tert-OH is 1. The first kappa shape index (κ1) is 28.3. The number of benzene rings is 2. The number of aliphatic carboxylic acids is 1. The summed E-state index contributed by atoms with van der Waals surface area (Å²) in [6, 6.07) is 12.2. The smallest absolute Gasteiger partial charge is 0.322 e. The Labute approximate surface area is 218 Å². The van der Waals surface area contributed by atoms with E-state index in [2.05, 4.69) is 30.4 Å².